The van der Waals surface area contributed by atoms with Gasteiger partial charge in [0.25, 0.3) is 5.91 Å². The van der Waals surface area contributed by atoms with Gasteiger partial charge in [-0.15, -0.1) is 13.2 Å². The first-order valence-electron chi connectivity index (χ1n) is 14.1. The average molecular weight is 538 g/mol. The number of ether oxygens (including phenoxy) is 1. The van der Waals surface area contributed by atoms with E-state index >= 15 is 0 Å². The Morgan fingerprint density at radius 2 is 1.79 bits per heavy atom. The predicted molar refractivity (Wildman–Crippen MR) is 151 cm³/mol. The standard InChI is InChI=1S/C31H43N3O5/c1-8-17-32(7)27(36)23-24-28(37)34(22(10-3)19-35)26(31(24)16-15-30(23,11-4)39-31)29(38)33(18-9-2)25-20(5)13-12-14-21(25)6/h8-9,12-14,22-24,26,35H,1-2,10-11,15-19H2,3-7H3/t22-,23-,24-,26?,30+,31?/m0/s1. The van der Waals surface area contributed by atoms with Gasteiger partial charge in [0.05, 0.1) is 30.1 Å². The predicted octanol–water partition coefficient (Wildman–Crippen LogP) is 3.39. The lowest BCUT2D eigenvalue weighted by Gasteiger charge is -2.40. The second-order valence-electron chi connectivity index (χ2n) is 11.3. The molecule has 6 atom stereocenters. The topological polar surface area (TPSA) is 90.4 Å². The number of benzene rings is 1. The molecular weight excluding hydrogens is 494 g/mol. The quantitative estimate of drug-likeness (QED) is 0.437. The van der Waals surface area contributed by atoms with Crippen molar-refractivity contribution in [2.24, 2.45) is 11.8 Å². The SMILES string of the molecule is C=CCN(C)C(=O)[C@@H]1[C@H]2C(=O)N([C@@H](CC)CO)C(C(=O)N(CC=C)c3c(C)cccc3C)C23CC[C@@]1(CC)O3. The smallest absolute Gasteiger partial charge is 0.253 e. The van der Waals surface area contributed by atoms with E-state index in [1.165, 1.54) is 0 Å². The van der Waals surface area contributed by atoms with Crippen LogP contribution in [0.25, 0.3) is 0 Å². The van der Waals surface area contributed by atoms with Gasteiger partial charge in [-0.1, -0.05) is 44.2 Å². The highest BCUT2D eigenvalue weighted by Crippen LogP contribution is 2.65. The van der Waals surface area contributed by atoms with Crippen molar-refractivity contribution in [3.63, 3.8) is 0 Å². The number of rotatable bonds is 11. The summed E-state index contributed by atoms with van der Waals surface area (Å²) in [7, 11) is 1.71. The van der Waals surface area contributed by atoms with Gasteiger partial charge < -0.3 is 24.5 Å². The molecule has 0 aliphatic carbocycles. The second kappa shape index (κ2) is 10.9. The summed E-state index contributed by atoms with van der Waals surface area (Å²) >= 11 is 0. The molecule has 2 unspecified atom stereocenters. The molecule has 0 saturated carbocycles. The Hall–Kier alpha value is -2.97. The number of carbonyl (C=O) groups is 3. The van der Waals surface area contributed by atoms with Crippen LogP contribution in [0.1, 0.15) is 50.7 Å². The van der Waals surface area contributed by atoms with Gasteiger partial charge in [-0.3, -0.25) is 14.4 Å². The summed E-state index contributed by atoms with van der Waals surface area (Å²) in [4.78, 5) is 47.9. The van der Waals surface area contributed by atoms with Crippen LogP contribution in [0.5, 0.6) is 0 Å². The Kier molecular flexibility index (Phi) is 8.11. The van der Waals surface area contributed by atoms with Crippen molar-refractivity contribution in [2.75, 3.05) is 31.6 Å². The monoisotopic (exact) mass is 537 g/mol. The van der Waals surface area contributed by atoms with Gasteiger partial charge in [-0.2, -0.15) is 0 Å². The van der Waals surface area contributed by atoms with E-state index in [4.69, 9.17) is 4.74 Å². The van der Waals surface area contributed by atoms with Gasteiger partial charge in [0, 0.05) is 25.8 Å². The van der Waals surface area contributed by atoms with Gasteiger partial charge >= 0.3 is 0 Å². The summed E-state index contributed by atoms with van der Waals surface area (Å²) in [5.41, 5.74) is 0.677. The molecule has 3 aliphatic rings. The van der Waals surface area contributed by atoms with Crippen LogP contribution >= 0.6 is 0 Å². The number of para-hydroxylation sites is 1. The Morgan fingerprint density at radius 1 is 1.15 bits per heavy atom. The molecule has 1 N–H and O–H groups in total. The van der Waals surface area contributed by atoms with E-state index in [0.717, 1.165) is 16.8 Å². The van der Waals surface area contributed by atoms with Crippen LogP contribution in [0, 0.1) is 25.7 Å². The first kappa shape index (κ1) is 29.0. The number of fused-ring (bicyclic) bond motifs is 1. The Balaban J connectivity index is 1.90. The van der Waals surface area contributed by atoms with E-state index in [0.29, 0.717) is 32.2 Å². The van der Waals surface area contributed by atoms with Crippen molar-refractivity contribution < 1.29 is 24.2 Å². The van der Waals surface area contributed by atoms with Crippen molar-refractivity contribution in [1.29, 1.82) is 0 Å². The van der Waals surface area contributed by atoms with Crippen molar-refractivity contribution in [3.05, 3.63) is 54.6 Å². The third-order valence-corrected chi connectivity index (χ3v) is 9.26. The van der Waals surface area contributed by atoms with Crippen molar-refractivity contribution in [1.82, 2.24) is 9.80 Å². The van der Waals surface area contributed by atoms with Crippen molar-refractivity contribution in [2.45, 2.75) is 76.7 Å². The number of aryl methyl sites for hydroxylation is 2. The third kappa shape index (κ3) is 4.23. The number of carbonyl (C=O) groups excluding carboxylic acids is 3. The summed E-state index contributed by atoms with van der Waals surface area (Å²) in [6, 6.07) is 4.33. The zero-order valence-corrected chi connectivity index (χ0v) is 24.0. The summed E-state index contributed by atoms with van der Waals surface area (Å²) < 4.78 is 6.89. The minimum Gasteiger partial charge on any atom is -0.394 e. The molecular formula is C31H43N3O5. The number of aliphatic hydroxyl groups excluding tert-OH is 1. The largest absolute Gasteiger partial charge is 0.394 e. The lowest BCUT2D eigenvalue weighted by molar-refractivity contribution is -0.153. The molecule has 3 heterocycles. The minimum absolute atomic E-state index is 0.167. The number of nitrogens with zero attached hydrogens (tertiary/aromatic N) is 3. The Labute approximate surface area is 232 Å². The lowest BCUT2D eigenvalue weighted by Crippen LogP contribution is -2.59. The second-order valence-corrected chi connectivity index (χ2v) is 11.3. The highest BCUT2D eigenvalue weighted by atomic mass is 16.5. The van der Waals surface area contributed by atoms with Gasteiger partial charge in [0.15, 0.2) is 0 Å². The van der Waals surface area contributed by atoms with Crippen LogP contribution in [-0.2, 0) is 19.1 Å². The van der Waals surface area contributed by atoms with Crippen LogP contribution < -0.4 is 4.90 Å². The van der Waals surface area contributed by atoms with Crippen LogP contribution in [-0.4, -0.2) is 82.7 Å². The molecule has 3 amide bonds. The fourth-order valence-electron chi connectivity index (χ4n) is 7.44. The molecule has 1 aromatic carbocycles. The molecule has 3 fully saturated rings. The molecule has 212 valence electrons. The minimum atomic E-state index is -1.15. The van der Waals surface area contributed by atoms with E-state index in [2.05, 4.69) is 13.2 Å². The molecule has 3 saturated heterocycles. The number of hydrogen-bond acceptors (Lipinski definition) is 5. The molecule has 3 aliphatic heterocycles. The van der Waals surface area contributed by atoms with Crippen LogP contribution in [0.2, 0.25) is 0 Å². The fourth-order valence-corrected chi connectivity index (χ4v) is 7.44. The first-order chi connectivity index (χ1) is 18.6. The average Bonchev–Trinajstić information content (AvgIpc) is 3.52. The summed E-state index contributed by atoms with van der Waals surface area (Å²) in [6.45, 7) is 15.8. The van der Waals surface area contributed by atoms with E-state index in [9.17, 15) is 19.5 Å². The molecule has 0 aromatic heterocycles. The highest BCUT2D eigenvalue weighted by Gasteiger charge is 2.79. The maximum atomic E-state index is 14.8. The maximum Gasteiger partial charge on any atom is 0.253 e. The van der Waals surface area contributed by atoms with Crippen molar-refractivity contribution >= 4 is 23.4 Å². The number of likely N-dealkylation sites (tertiary alicyclic amines) is 1. The third-order valence-electron chi connectivity index (χ3n) is 9.26. The molecule has 0 radical (unpaired) electrons. The van der Waals surface area contributed by atoms with Crippen LogP contribution in [0.4, 0.5) is 5.69 Å². The molecule has 39 heavy (non-hydrogen) atoms. The first-order valence-corrected chi connectivity index (χ1v) is 14.1. The van der Waals surface area contributed by atoms with E-state index < -0.39 is 35.1 Å². The molecule has 1 aromatic rings. The molecule has 8 heteroatoms. The van der Waals surface area contributed by atoms with Gasteiger partial charge in [-0.25, -0.2) is 0 Å². The van der Waals surface area contributed by atoms with Crippen molar-refractivity contribution in [3.8, 4) is 0 Å². The number of likely N-dealkylation sites (N-methyl/N-ethyl adjacent to an activating group) is 1. The number of aliphatic hydroxyl groups is 1. The summed E-state index contributed by atoms with van der Waals surface area (Å²) in [5, 5.41) is 10.3. The van der Waals surface area contributed by atoms with Crippen LogP contribution in [0.3, 0.4) is 0 Å². The van der Waals surface area contributed by atoms with E-state index in [-0.39, 0.29) is 30.9 Å². The zero-order valence-electron chi connectivity index (χ0n) is 24.0. The van der Waals surface area contributed by atoms with Gasteiger partial charge in [0.1, 0.15) is 11.6 Å². The summed E-state index contributed by atoms with van der Waals surface area (Å²) in [6.07, 6.45) is 5.45. The fraction of sp³-hybridized carbons (Fsp3) is 0.581. The van der Waals surface area contributed by atoms with Gasteiger partial charge in [-0.05, 0) is 50.7 Å². The molecule has 1 spiro atoms. The van der Waals surface area contributed by atoms with E-state index in [1.807, 2.05) is 45.9 Å². The summed E-state index contributed by atoms with van der Waals surface area (Å²) in [5.74, 6) is -2.23. The molecule has 2 bridgehead atoms. The Morgan fingerprint density at radius 3 is 2.33 bits per heavy atom. The molecule has 8 nitrogen and oxygen atoms in total. The van der Waals surface area contributed by atoms with Crippen LogP contribution in [0.15, 0.2) is 43.5 Å². The number of anilines is 1. The zero-order chi connectivity index (χ0) is 28.7. The number of hydrogen-bond donors (Lipinski definition) is 1. The van der Waals surface area contributed by atoms with Gasteiger partial charge in [0.2, 0.25) is 11.8 Å². The normalized spacial score (nSPS) is 29.7. The molecule has 4 rings (SSSR count). The maximum absolute atomic E-state index is 14.8. The number of amides is 3. The van der Waals surface area contributed by atoms with E-state index in [1.54, 1.807) is 33.9 Å². The highest BCUT2D eigenvalue weighted by molar-refractivity contribution is 6.06. The Bertz CT molecular complexity index is 1140. The lowest BCUT2D eigenvalue weighted by atomic mass is 9.64.